The number of aromatic nitrogens is 2. The Balaban J connectivity index is 1.75. The van der Waals surface area contributed by atoms with E-state index in [9.17, 15) is 9.90 Å². The van der Waals surface area contributed by atoms with Crippen LogP contribution in [-0.2, 0) is 6.54 Å². The number of para-hydroxylation sites is 1. The Labute approximate surface area is 156 Å². The maximum Gasteiger partial charge on any atom is 0.322 e. The average molecular weight is 368 g/mol. The molecule has 0 aliphatic rings. The van der Waals surface area contributed by atoms with Crippen LogP contribution in [-0.4, -0.2) is 46.5 Å². The number of aliphatic hydroxyl groups excluding tert-OH is 1. The molecular weight excluding hydrogens is 348 g/mol. The maximum absolute atomic E-state index is 12.7. The molecule has 1 aromatic heterocycles. The molecule has 2 aromatic carbocycles. The van der Waals surface area contributed by atoms with Crippen molar-refractivity contribution in [1.82, 2.24) is 15.1 Å². The summed E-state index contributed by atoms with van der Waals surface area (Å²) >= 11 is 0. The number of hydrogen-bond donors (Lipinski definition) is 2. The monoisotopic (exact) mass is 368 g/mol. The van der Waals surface area contributed by atoms with E-state index in [-0.39, 0.29) is 19.2 Å². The molecule has 0 saturated heterocycles. The summed E-state index contributed by atoms with van der Waals surface area (Å²) in [5.74, 6) is 1.05. The van der Waals surface area contributed by atoms with Crippen LogP contribution in [0.2, 0.25) is 0 Å². The summed E-state index contributed by atoms with van der Waals surface area (Å²) in [6, 6.07) is 14.2. The number of aliphatic hydroxyl groups is 1. The zero-order valence-corrected chi connectivity index (χ0v) is 14.8. The lowest BCUT2D eigenvalue weighted by molar-refractivity contribution is 0.184. The van der Waals surface area contributed by atoms with Gasteiger partial charge in [0, 0.05) is 23.4 Å². The third kappa shape index (κ3) is 4.62. The van der Waals surface area contributed by atoms with Gasteiger partial charge in [-0.15, -0.1) is 10.2 Å². The van der Waals surface area contributed by atoms with E-state index in [4.69, 9.17) is 9.15 Å². The van der Waals surface area contributed by atoms with Crippen molar-refractivity contribution in [1.29, 1.82) is 0 Å². The summed E-state index contributed by atoms with van der Waals surface area (Å²) in [5, 5.41) is 19.7. The second-order valence-corrected chi connectivity index (χ2v) is 5.71. The molecule has 1 heterocycles. The molecule has 2 amide bonds. The van der Waals surface area contributed by atoms with Crippen molar-refractivity contribution in [2.45, 2.75) is 6.54 Å². The number of urea groups is 1. The topological polar surface area (TPSA) is 101 Å². The molecule has 8 heteroatoms. The number of anilines is 1. The summed E-state index contributed by atoms with van der Waals surface area (Å²) in [6.07, 6.45) is 1.25. The molecule has 0 bridgehead atoms. The van der Waals surface area contributed by atoms with E-state index < -0.39 is 0 Å². The minimum atomic E-state index is -0.336. The van der Waals surface area contributed by atoms with Crippen LogP contribution in [0.5, 0.6) is 5.75 Å². The molecule has 3 aromatic rings. The third-order valence-corrected chi connectivity index (χ3v) is 3.93. The van der Waals surface area contributed by atoms with Gasteiger partial charge in [0.2, 0.25) is 12.3 Å². The van der Waals surface area contributed by atoms with Gasteiger partial charge in [-0.25, -0.2) is 4.79 Å². The highest BCUT2D eigenvalue weighted by molar-refractivity contribution is 5.90. The van der Waals surface area contributed by atoms with E-state index >= 15 is 0 Å². The molecule has 140 valence electrons. The van der Waals surface area contributed by atoms with Crippen molar-refractivity contribution in [2.24, 2.45) is 0 Å². The molecule has 2 N–H and O–H groups in total. The first-order chi connectivity index (χ1) is 13.2. The number of amides is 2. The zero-order chi connectivity index (χ0) is 19.1. The number of ether oxygens (including phenoxy) is 1. The summed E-state index contributed by atoms with van der Waals surface area (Å²) < 4.78 is 10.5. The smallest absolute Gasteiger partial charge is 0.322 e. The second kappa shape index (κ2) is 8.81. The first-order valence-corrected chi connectivity index (χ1v) is 8.36. The minimum Gasteiger partial charge on any atom is -0.496 e. The van der Waals surface area contributed by atoms with E-state index in [1.165, 1.54) is 11.3 Å². The van der Waals surface area contributed by atoms with E-state index in [2.05, 4.69) is 15.5 Å². The van der Waals surface area contributed by atoms with Crippen molar-refractivity contribution in [3.63, 3.8) is 0 Å². The predicted octanol–water partition coefficient (Wildman–Crippen LogP) is 2.77. The van der Waals surface area contributed by atoms with Crippen LogP contribution in [0.1, 0.15) is 5.56 Å². The molecule has 0 saturated carbocycles. The molecular formula is C19H20N4O4. The van der Waals surface area contributed by atoms with Crippen LogP contribution in [0.3, 0.4) is 0 Å². The molecule has 0 radical (unpaired) electrons. The van der Waals surface area contributed by atoms with Crippen molar-refractivity contribution < 1.29 is 19.1 Å². The van der Waals surface area contributed by atoms with Crippen LogP contribution in [0.25, 0.3) is 11.5 Å². The standard InChI is InChI=1S/C19H20N4O4/c1-26-17-8-3-2-5-15(17)12-23(9-10-24)19(25)21-16-7-4-6-14(11-16)18-22-20-13-27-18/h2-8,11,13,24H,9-10,12H2,1H3,(H,21,25). The number of nitrogens with one attached hydrogen (secondary N) is 1. The summed E-state index contributed by atoms with van der Waals surface area (Å²) in [6.45, 7) is 0.345. The molecule has 3 rings (SSSR count). The van der Waals surface area contributed by atoms with Crippen LogP contribution in [0.15, 0.2) is 59.3 Å². The Morgan fingerprint density at radius 1 is 1.26 bits per heavy atom. The molecule has 0 aliphatic heterocycles. The normalized spacial score (nSPS) is 10.4. The van der Waals surface area contributed by atoms with Crippen LogP contribution in [0, 0.1) is 0 Å². The molecule has 0 spiro atoms. The lowest BCUT2D eigenvalue weighted by Crippen LogP contribution is -2.36. The highest BCUT2D eigenvalue weighted by atomic mass is 16.5. The Morgan fingerprint density at radius 3 is 2.85 bits per heavy atom. The minimum absolute atomic E-state index is 0.148. The van der Waals surface area contributed by atoms with Gasteiger partial charge >= 0.3 is 6.03 Å². The Bertz CT molecular complexity index is 883. The van der Waals surface area contributed by atoms with E-state index in [0.717, 1.165) is 5.56 Å². The van der Waals surface area contributed by atoms with Crippen LogP contribution in [0.4, 0.5) is 10.5 Å². The van der Waals surface area contributed by atoms with Crippen molar-refractivity contribution in [3.8, 4) is 17.2 Å². The summed E-state index contributed by atoms with van der Waals surface area (Å²) in [4.78, 5) is 14.2. The van der Waals surface area contributed by atoms with Gasteiger partial charge in [0.1, 0.15) is 5.75 Å². The van der Waals surface area contributed by atoms with Gasteiger partial charge < -0.3 is 24.5 Å². The Morgan fingerprint density at radius 2 is 2.11 bits per heavy atom. The van der Waals surface area contributed by atoms with Crippen LogP contribution >= 0.6 is 0 Å². The van der Waals surface area contributed by atoms with Crippen LogP contribution < -0.4 is 10.1 Å². The highest BCUT2D eigenvalue weighted by Gasteiger charge is 2.16. The molecule has 0 fully saturated rings. The van der Waals surface area contributed by atoms with E-state index in [0.29, 0.717) is 29.4 Å². The zero-order valence-electron chi connectivity index (χ0n) is 14.8. The molecule has 0 atom stereocenters. The highest BCUT2D eigenvalue weighted by Crippen LogP contribution is 2.22. The largest absolute Gasteiger partial charge is 0.496 e. The molecule has 8 nitrogen and oxygen atoms in total. The molecule has 0 aliphatic carbocycles. The number of methoxy groups -OCH3 is 1. The summed E-state index contributed by atoms with van der Waals surface area (Å²) in [7, 11) is 1.58. The third-order valence-electron chi connectivity index (χ3n) is 3.93. The number of nitrogens with zero attached hydrogens (tertiary/aromatic N) is 3. The SMILES string of the molecule is COc1ccccc1CN(CCO)C(=O)Nc1cccc(-c2nnco2)c1. The number of carbonyl (C=O) groups is 1. The predicted molar refractivity (Wildman–Crippen MR) is 99.2 cm³/mol. The van der Waals surface area contributed by atoms with Gasteiger partial charge in [0.25, 0.3) is 0 Å². The van der Waals surface area contributed by atoms with E-state index in [1.54, 1.807) is 25.3 Å². The number of hydrogen-bond acceptors (Lipinski definition) is 6. The number of carbonyl (C=O) groups excluding carboxylic acids is 1. The summed E-state index contributed by atoms with van der Waals surface area (Å²) in [5.41, 5.74) is 2.13. The lowest BCUT2D eigenvalue weighted by atomic mass is 10.2. The maximum atomic E-state index is 12.7. The van der Waals surface area contributed by atoms with Gasteiger partial charge in [0.05, 0.1) is 20.3 Å². The fourth-order valence-electron chi connectivity index (χ4n) is 2.64. The Hall–Kier alpha value is -3.39. The van der Waals surface area contributed by atoms with Crippen molar-refractivity contribution in [3.05, 3.63) is 60.5 Å². The number of benzene rings is 2. The quantitative estimate of drug-likeness (QED) is 0.665. The van der Waals surface area contributed by atoms with Crippen molar-refractivity contribution in [2.75, 3.05) is 25.6 Å². The fourth-order valence-corrected chi connectivity index (χ4v) is 2.64. The first-order valence-electron chi connectivity index (χ1n) is 8.36. The van der Waals surface area contributed by atoms with Gasteiger partial charge in [-0.05, 0) is 24.3 Å². The second-order valence-electron chi connectivity index (χ2n) is 5.71. The van der Waals surface area contributed by atoms with Crippen molar-refractivity contribution >= 4 is 11.7 Å². The number of rotatable bonds is 7. The van der Waals surface area contributed by atoms with Gasteiger partial charge in [-0.1, -0.05) is 24.3 Å². The first kappa shape index (κ1) is 18.4. The average Bonchev–Trinajstić information content (AvgIpc) is 3.23. The fraction of sp³-hybridized carbons (Fsp3) is 0.211. The molecule has 0 unspecified atom stereocenters. The van der Waals surface area contributed by atoms with Gasteiger partial charge in [0.15, 0.2) is 0 Å². The van der Waals surface area contributed by atoms with Gasteiger partial charge in [-0.3, -0.25) is 0 Å². The molecule has 27 heavy (non-hydrogen) atoms. The van der Waals surface area contributed by atoms with E-state index in [1.807, 2.05) is 30.3 Å². The Kier molecular flexibility index (Phi) is 6.01. The lowest BCUT2D eigenvalue weighted by Gasteiger charge is -2.23. The van der Waals surface area contributed by atoms with Gasteiger partial charge in [-0.2, -0.15) is 0 Å².